The first-order valence-electron chi connectivity index (χ1n) is 10.9. The van der Waals surface area contributed by atoms with Gasteiger partial charge in [0.15, 0.2) is 16.5 Å². The summed E-state index contributed by atoms with van der Waals surface area (Å²) in [5.74, 6) is 1.53. The van der Waals surface area contributed by atoms with Crippen LogP contribution in [0.3, 0.4) is 0 Å². The Balaban J connectivity index is 1.32. The maximum atomic E-state index is 11.0. The van der Waals surface area contributed by atoms with Gasteiger partial charge in [-0.2, -0.15) is 5.10 Å². The average Bonchev–Trinajstić information content (AvgIpc) is 3.50. The quantitative estimate of drug-likeness (QED) is 0.429. The Morgan fingerprint density at radius 1 is 1.15 bits per heavy atom. The lowest BCUT2D eigenvalue weighted by molar-refractivity contribution is 0.209. The van der Waals surface area contributed by atoms with Crippen LogP contribution in [0.1, 0.15) is 13.8 Å². The van der Waals surface area contributed by atoms with E-state index in [1.54, 1.807) is 23.0 Å². The van der Waals surface area contributed by atoms with Crippen molar-refractivity contribution in [1.29, 1.82) is 0 Å². The van der Waals surface area contributed by atoms with E-state index in [0.29, 0.717) is 28.3 Å². The van der Waals surface area contributed by atoms with Gasteiger partial charge in [0.2, 0.25) is 0 Å². The van der Waals surface area contributed by atoms with E-state index < -0.39 is 6.09 Å². The molecular formula is C22H25N9O2S. The Kier molecular flexibility index (Phi) is 5.99. The zero-order chi connectivity index (χ0) is 23.7. The van der Waals surface area contributed by atoms with E-state index in [4.69, 9.17) is 10.5 Å². The van der Waals surface area contributed by atoms with Crippen LogP contribution >= 0.6 is 11.3 Å². The first-order valence-corrected chi connectivity index (χ1v) is 11.8. The van der Waals surface area contributed by atoms with E-state index in [9.17, 15) is 4.79 Å². The number of anilines is 3. The molecule has 0 aromatic carbocycles. The van der Waals surface area contributed by atoms with Crippen molar-refractivity contribution in [3.05, 3.63) is 42.3 Å². The SMILES string of the molecule is CC(C)N1CCN(c2ccc(Nc3ncc(-c4csc(OC(N)=O)c4)n4ncnc34)cn2)CC1. The number of amides is 1. The summed E-state index contributed by atoms with van der Waals surface area (Å²) in [6.45, 7) is 8.49. The highest BCUT2D eigenvalue weighted by molar-refractivity contribution is 7.12. The van der Waals surface area contributed by atoms with Crippen LogP contribution in [0.2, 0.25) is 0 Å². The van der Waals surface area contributed by atoms with Gasteiger partial charge in [0.25, 0.3) is 0 Å². The summed E-state index contributed by atoms with van der Waals surface area (Å²) in [7, 11) is 0. The third kappa shape index (κ3) is 4.50. The van der Waals surface area contributed by atoms with Crippen molar-refractivity contribution < 1.29 is 9.53 Å². The Morgan fingerprint density at radius 2 is 1.97 bits per heavy atom. The summed E-state index contributed by atoms with van der Waals surface area (Å²) in [4.78, 5) is 29.4. The Morgan fingerprint density at radius 3 is 2.68 bits per heavy atom. The Bertz CT molecular complexity index is 1290. The fourth-order valence-electron chi connectivity index (χ4n) is 3.96. The van der Waals surface area contributed by atoms with Crippen molar-refractivity contribution >= 4 is 40.4 Å². The normalized spacial score (nSPS) is 14.6. The van der Waals surface area contributed by atoms with E-state index in [-0.39, 0.29) is 0 Å². The highest BCUT2D eigenvalue weighted by atomic mass is 32.1. The number of nitrogens with two attached hydrogens (primary N) is 1. The van der Waals surface area contributed by atoms with Gasteiger partial charge in [-0.3, -0.25) is 4.90 Å². The molecule has 0 saturated carbocycles. The summed E-state index contributed by atoms with van der Waals surface area (Å²) >= 11 is 1.26. The van der Waals surface area contributed by atoms with Gasteiger partial charge in [-0.05, 0) is 26.0 Å². The van der Waals surface area contributed by atoms with Gasteiger partial charge in [0, 0.05) is 49.2 Å². The van der Waals surface area contributed by atoms with Crippen LogP contribution in [0.15, 0.2) is 42.3 Å². The number of primary amides is 1. The number of thiophene rings is 1. The maximum Gasteiger partial charge on any atom is 0.410 e. The van der Waals surface area contributed by atoms with E-state index in [1.807, 2.05) is 17.5 Å². The second kappa shape index (κ2) is 9.23. The zero-order valence-corrected chi connectivity index (χ0v) is 19.7. The fourth-order valence-corrected chi connectivity index (χ4v) is 4.71. The number of nitrogens with one attached hydrogen (secondary N) is 1. The molecule has 5 heterocycles. The fraction of sp³-hybridized carbons (Fsp3) is 0.318. The summed E-state index contributed by atoms with van der Waals surface area (Å²) < 4.78 is 6.63. The van der Waals surface area contributed by atoms with Crippen molar-refractivity contribution in [2.24, 2.45) is 5.73 Å². The number of hydrogen-bond acceptors (Lipinski definition) is 10. The molecule has 0 bridgehead atoms. The lowest BCUT2D eigenvalue weighted by Gasteiger charge is -2.37. The molecule has 34 heavy (non-hydrogen) atoms. The molecule has 0 atom stereocenters. The lowest BCUT2D eigenvalue weighted by Crippen LogP contribution is -2.49. The van der Waals surface area contributed by atoms with Crippen molar-refractivity contribution in [1.82, 2.24) is 29.5 Å². The molecule has 0 unspecified atom stereocenters. The van der Waals surface area contributed by atoms with Gasteiger partial charge >= 0.3 is 6.09 Å². The topological polar surface area (TPSA) is 127 Å². The van der Waals surface area contributed by atoms with Gasteiger partial charge in [-0.25, -0.2) is 24.3 Å². The third-order valence-corrected chi connectivity index (χ3v) is 6.56. The molecule has 0 spiro atoms. The number of fused-ring (bicyclic) bond motifs is 1. The molecule has 3 N–H and O–H groups in total. The highest BCUT2D eigenvalue weighted by Crippen LogP contribution is 2.32. The van der Waals surface area contributed by atoms with Gasteiger partial charge in [0.1, 0.15) is 12.1 Å². The number of ether oxygens (including phenoxy) is 1. The number of hydrogen-bond donors (Lipinski definition) is 2. The van der Waals surface area contributed by atoms with E-state index in [2.05, 4.69) is 49.0 Å². The van der Waals surface area contributed by atoms with Gasteiger partial charge in [-0.15, -0.1) is 11.3 Å². The molecule has 12 heteroatoms. The number of rotatable bonds is 6. The number of nitrogens with zero attached hydrogens (tertiary/aromatic N) is 7. The van der Waals surface area contributed by atoms with E-state index >= 15 is 0 Å². The van der Waals surface area contributed by atoms with Crippen LogP contribution in [-0.2, 0) is 0 Å². The smallest absolute Gasteiger partial charge is 0.399 e. The molecule has 0 aliphatic carbocycles. The summed E-state index contributed by atoms with van der Waals surface area (Å²) in [6.07, 6.45) is 4.11. The first kappa shape index (κ1) is 22.0. The second-order valence-electron chi connectivity index (χ2n) is 8.21. The number of aromatic nitrogens is 5. The molecular weight excluding hydrogens is 454 g/mol. The molecule has 1 fully saturated rings. The number of pyridine rings is 1. The molecule has 11 nitrogen and oxygen atoms in total. The standard InChI is InChI=1S/C22H25N9O2S/c1-14(2)29-5-7-30(8-6-29)18-4-3-16(10-24-18)28-20-21-26-13-27-31(21)17(11-25-20)15-9-19(34-12-15)33-22(23)32/h3-4,9-14H,5-8H2,1-2H3,(H2,23,32)(H,25,28). The highest BCUT2D eigenvalue weighted by Gasteiger charge is 2.20. The predicted molar refractivity (Wildman–Crippen MR) is 131 cm³/mol. The minimum atomic E-state index is -0.852. The van der Waals surface area contributed by atoms with E-state index in [0.717, 1.165) is 43.2 Å². The molecule has 1 amide bonds. The van der Waals surface area contributed by atoms with Gasteiger partial charge < -0.3 is 20.7 Å². The molecule has 4 aromatic heterocycles. The number of piperazine rings is 1. The van der Waals surface area contributed by atoms with E-state index in [1.165, 1.54) is 17.7 Å². The molecule has 176 valence electrons. The number of carbonyl (C=O) groups excluding carboxylic acids is 1. The lowest BCUT2D eigenvalue weighted by atomic mass is 10.2. The monoisotopic (exact) mass is 479 g/mol. The summed E-state index contributed by atoms with van der Waals surface area (Å²) in [6, 6.07) is 6.30. The molecule has 1 aliphatic heterocycles. The Labute approximate surface area is 200 Å². The van der Waals surface area contributed by atoms with Crippen molar-refractivity contribution in [3.63, 3.8) is 0 Å². The molecule has 5 rings (SSSR count). The average molecular weight is 480 g/mol. The minimum Gasteiger partial charge on any atom is -0.399 e. The third-order valence-electron chi connectivity index (χ3n) is 5.76. The minimum absolute atomic E-state index is 0.398. The van der Waals surface area contributed by atoms with Gasteiger partial charge in [0.05, 0.1) is 23.8 Å². The van der Waals surface area contributed by atoms with Crippen molar-refractivity contribution in [3.8, 4) is 16.3 Å². The maximum absolute atomic E-state index is 11.0. The number of carbonyl (C=O) groups is 1. The van der Waals surface area contributed by atoms with Crippen LogP contribution in [0.4, 0.5) is 22.1 Å². The van der Waals surface area contributed by atoms with Crippen LogP contribution in [-0.4, -0.2) is 67.8 Å². The first-order chi connectivity index (χ1) is 16.5. The Hall–Kier alpha value is -3.77. The zero-order valence-electron chi connectivity index (χ0n) is 18.9. The molecule has 1 saturated heterocycles. The van der Waals surface area contributed by atoms with Crippen molar-refractivity contribution in [2.45, 2.75) is 19.9 Å². The van der Waals surface area contributed by atoms with Crippen LogP contribution in [0, 0.1) is 0 Å². The van der Waals surface area contributed by atoms with Crippen LogP contribution in [0.5, 0.6) is 5.06 Å². The van der Waals surface area contributed by atoms with Crippen LogP contribution in [0.25, 0.3) is 16.9 Å². The largest absolute Gasteiger partial charge is 0.410 e. The molecule has 4 aromatic rings. The molecule has 0 radical (unpaired) electrons. The van der Waals surface area contributed by atoms with Gasteiger partial charge in [-0.1, -0.05) is 0 Å². The molecule has 1 aliphatic rings. The summed E-state index contributed by atoms with van der Waals surface area (Å²) in [5.41, 5.74) is 7.97. The predicted octanol–water partition coefficient (Wildman–Crippen LogP) is 2.98. The van der Waals surface area contributed by atoms with Crippen molar-refractivity contribution in [2.75, 3.05) is 36.4 Å². The van der Waals surface area contributed by atoms with Crippen LogP contribution < -0.4 is 20.7 Å². The second-order valence-corrected chi connectivity index (χ2v) is 9.08. The summed E-state index contributed by atoms with van der Waals surface area (Å²) in [5, 5.41) is 9.86.